The number of nitrogens with zero attached hydrogens (tertiary/aromatic N) is 6. The number of alkyl halides is 3. The molecule has 0 fully saturated rings. The summed E-state index contributed by atoms with van der Waals surface area (Å²) in [5.74, 6) is -0.559. The fraction of sp³-hybridized carbons (Fsp3) is 0.263. The smallest absolute Gasteiger partial charge is 0.334 e. The van der Waals surface area contributed by atoms with Crippen molar-refractivity contribution in [1.29, 1.82) is 0 Å². The summed E-state index contributed by atoms with van der Waals surface area (Å²) in [6, 6.07) is 5.60. The molecule has 4 heterocycles. The molecule has 162 valence electrons. The quantitative estimate of drug-likeness (QED) is 0.428. The molecule has 0 aliphatic rings. The van der Waals surface area contributed by atoms with Gasteiger partial charge in [0.2, 0.25) is 0 Å². The van der Waals surface area contributed by atoms with Crippen molar-refractivity contribution in [2.45, 2.75) is 26.2 Å². The van der Waals surface area contributed by atoms with Crippen LogP contribution >= 0.6 is 22.9 Å². The van der Waals surface area contributed by atoms with E-state index < -0.39 is 17.8 Å². The molecule has 0 aromatic carbocycles. The second kappa shape index (κ2) is 7.97. The Balaban J connectivity index is 1.72. The van der Waals surface area contributed by atoms with Crippen LogP contribution in [0.25, 0.3) is 16.2 Å². The third kappa shape index (κ3) is 4.02. The van der Waals surface area contributed by atoms with E-state index in [4.69, 9.17) is 11.6 Å². The van der Waals surface area contributed by atoms with Gasteiger partial charge in [0, 0.05) is 19.7 Å². The zero-order chi connectivity index (χ0) is 22.3. The second-order valence-corrected chi connectivity index (χ2v) is 8.07. The van der Waals surface area contributed by atoms with Crippen molar-refractivity contribution in [2.24, 2.45) is 0 Å². The molecule has 0 saturated carbocycles. The molecule has 0 aliphatic heterocycles. The van der Waals surface area contributed by atoms with Crippen LogP contribution in [0.2, 0.25) is 5.02 Å². The van der Waals surface area contributed by atoms with E-state index in [1.807, 2.05) is 6.92 Å². The van der Waals surface area contributed by atoms with E-state index in [2.05, 4.69) is 15.2 Å². The lowest BCUT2D eigenvalue weighted by Crippen LogP contribution is -2.28. The van der Waals surface area contributed by atoms with Gasteiger partial charge in [0.15, 0.2) is 17.0 Å². The number of amides is 1. The first kappa shape index (κ1) is 21.3. The van der Waals surface area contributed by atoms with Gasteiger partial charge in [-0.1, -0.05) is 17.7 Å². The lowest BCUT2D eigenvalue weighted by molar-refractivity contribution is -0.142. The summed E-state index contributed by atoms with van der Waals surface area (Å²) in [5.41, 5.74) is -0.428. The molecule has 0 spiro atoms. The Bertz CT molecular complexity index is 1250. The second-order valence-electron chi connectivity index (χ2n) is 6.72. The summed E-state index contributed by atoms with van der Waals surface area (Å²) >= 11 is 7.42. The van der Waals surface area contributed by atoms with Gasteiger partial charge in [-0.15, -0.1) is 11.3 Å². The van der Waals surface area contributed by atoms with Gasteiger partial charge in [0.25, 0.3) is 5.91 Å². The molecule has 0 N–H and O–H groups in total. The Kier molecular flexibility index (Phi) is 5.48. The minimum Gasteiger partial charge on any atom is -0.334 e. The third-order valence-corrected chi connectivity index (χ3v) is 5.85. The first-order chi connectivity index (χ1) is 14.7. The fourth-order valence-corrected chi connectivity index (χ4v) is 4.03. The molecule has 7 nitrogen and oxygen atoms in total. The Morgan fingerprint density at radius 3 is 2.74 bits per heavy atom. The van der Waals surface area contributed by atoms with Crippen molar-refractivity contribution in [3.8, 4) is 10.6 Å². The molecule has 4 aromatic rings. The van der Waals surface area contributed by atoms with E-state index in [9.17, 15) is 18.0 Å². The monoisotopic (exact) mass is 468 g/mol. The Hall–Kier alpha value is -2.92. The topological polar surface area (TPSA) is 68.3 Å². The molecule has 0 saturated heterocycles. The number of carbonyl (C=O) groups is 1. The lowest BCUT2D eigenvalue weighted by Gasteiger charge is -2.16. The number of aromatic nitrogens is 5. The van der Waals surface area contributed by atoms with Gasteiger partial charge in [-0.3, -0.25) is 9.48 Å². The van der Waals surface area contributed by atoms with Crippen molar-refractivity contribution in [2.75, 3.05) is 7.05 Å². The van der Waals surface area contributed by atoms with Gasteiger partial charge in [-0.25, -0.2) is 9.50 Å². The van der Waals surface area contributed by atoms with Crippen LogP contribution < -0.4 is 0 Å². The highest BCUT2D eigenvalue weighted by atomic mass is 35.5. The number of hydrogen-bond acceptors (Lipinski definition) is 5. The normalized spacial score (nSPS) is 11.9. The first-order valence-corrected chi connectivity index (χ1v) is 10.4. The zero-order valence-electron chi connectivity index (χ0n) is 16.4. The Morgan fingerprint density at radius 2 is 2.10 bits per heavy atom. The SMILES string of the molecule is CCn1ncc(Cl)c1CN(C)C(=O)c1cc2nc(-c3cccs3)cc(C(F)(F)F)n2n1. The van der Waals surface area contributed by atoms with Gasteiger partial charge in [-0.2, -0.15) is 23.4 Å². The molecule has 4 aromatic heterocycles. The Morgan fingerprint density at radius 1 is 1.32 bits per heavy atom. The average Bonchev–Trinajstić information content (AvgIpc) is 3.46. The van der Waals surface area contributed by atoms with E-state index in [1.54, 1.807) is 22.2 Å². The van der Waals surface area contributed by atoms with Crippen LogP contribution in [-0.4, -0.2) is 42.2 Å². The molecule has 31 heavy (non-hydrogen) atoms. The molecular formula is C19H16ClF3N6OS. The standard InChI is InChI=1S/C19H16ClF3N6OS/c1-3-28-14(11(20)9-24-28)10-27(2)18(30)13-8-17-25-12(15-5-4-6-31-15)7-16(19(21,22)23)29(17)26-13/h4-9H,3,10H2,1-2H3. The van der Waals surface area contributed by atoms with Gasteiger partial charge >= 0.3 is 6.18 Å². The molecule has 12 heteroatoms. The fourth-order valence-electron chi connectivity index (χ4n) is 3.14. The highest BCUT2D eigenvalue weighted by Crippen LogP contribution is 2.33. The van der Waals surface area contributed by atoms with E-state index >= 15 is 0 Å². The summed E-state index contributed by atoms with van der Waals surface area (Å²) in [6.07, 6.45) is -3.19. The maximum absolute atomic E-state index is 13.7. The number of thiophene rings is 1. The van der Waals surface area contributed by atoms with Crippen molar-refractivity contribution < 1.29 is 18.0 Å². The maximum Gasteiger partial charge on any atom is 0.433 e. The molecule has 0 bridgehead atoms. The number of carbonyl (C=O) groups excluding carboxylic acids is 1. The van der Waals surface area contributed by atoms with Crippen molar-refractivity contribution in [1.82, 2.24) is 29.3 Å². The van der Waals surface area contributed by atoms with E-state index in [1.165, 1.54) is 35.5 Å². The zero-order valence-corrected chi connectivity index (χ0v) is 18.0. The van der Waals surface area contributed by atoms with E-state index in [-0.39, 0.29) is 23.6 Å². The van der Waals surface area contributed by atoms with Gasteiger partial charge in [0.1, 0.15) is 0 Å². The summed E-state index contributed by atoms with van der Waals surface area (Å²) < 4.78 is 43.3. The van der Waals surface area contributed by atoms with Crippen LogP contribution in [0.3, 0.4) is 0 Å². The van der Waals surface area contributed by atoms with Crippen molar-refractivity contribution >= 4 is 34.5 Å². The highest BCUT2D eigenvalue weighted by molar-refractivity contribution is 7.13. The van der Waals surface area contributed by atoms with E-state index in [0.717, 1.165) is 6.07 Å². The minimum atomic E-state index is -4.67. The third-order valence-electron chi connectivity index (χ3n) is 4.64. The predicted octanol–water partition coefficient (Wildman–Crippen LogP) is 4.62. The van der Waals surface area contributed by atoms with E-state index in [0.29, 0.717) is 26.7 Å². The summed E-state index contributed by atoms with van der Waals surface area (Å²) in [6.45, 7) is 2.56. The van der Waals surface area contributed by atoms with Gasteiger partial charge in [0.05, 0.1) is 34.0 Å². The minimum absolute atomic E-state index is 0.0633. The van der Waals surface area contributed by atoms with Gasteiger partial charge < -0.3 is 4.90 Å². The van der Waals surface area contributed by atoms with Crippen LogP contribution in [0.15, 0.2) is 35.8 Å². The highest BCUT2D eigenvalue weighted by Gasteiger charge is 2.36. The first-order valence-electron chi connectivity index (χ1n) is 9.16. The molecule has 0 unspecified atom stereocenters. The number of halogens is 4. The number of fused-ring (bicyclic) bond motifs is 1. The summed E-state index contributed by atoms with van der Waals surface area (Å²) in [4.78, 5) is 19.1. The average molecular weight is 469 g/mol. The number of hydrogen-bond donors (Lipinski definition) is 0. The maximum atomic E-state index is 13.7. The van der Waals surface area contributed by atoms with Crippen LogP contribution in [-0.2, 0) is 19.3 Å². The van der Waals surface area contributed by atoms with Crippen molar-refractivity contribution in [3.63, 3.8) is 0 Å². The Labute approximate surface area is 183 Å². The van der Waals surface area contributed by atoms with Crippen molar-refractivity contribution in [3.05, 3.63) is 57.9 Å². The number of aryl methyl sites for hydroxylation is 1. The summed E-state index contributed by atoms with van der Waals surface area (Å²) in [5, 5.41) is 10.2. The van der Waals surface area contributed by atoms with Crippen LogP contribution in [0, 0.1) is 0 Å². The molecule has 0 aliphatic carbocycles. The molecule has 1 amide bonds. The largest absolute Gasteiger partial charge is 0.433 e. The summed E-state index contributed by atoms with van der Waals surface area (Å²) in [7, 11) is 1.52. The molecular weight excluding hydrogens is 453 g/mol. The van der Waals surface area contributed by atoms with Crippen LogP contribution in [0.4, 0.5) is 13.2 Å². The lowest BCUT2D eigenvalue weighted by atomic mass is 10.2. The molecule has 4 rings (SSSR count). The molecule has 0 atom stereocenters. The predicted molar refractivity (Wildman–Crippen MR) is 110 cm³/mol. The molecule has 0 radical (unpaired) electrons. The van der Waals surface area contributed by atoms with Crippen LogP contribution in [0.5, 0.6) is 0 Å². The van der Waals surface area contributed by atoms with Gasteiger partial charge in [-0.05, 0) is 24.4 Å². The number of rotatable bonds is 5. The van der Waals surface area contributed by atoms with Crippen LogP contribution in [0.1, 0.15) is 28.8 Å².